The highest BCUT2D eigenvalue weighted by molar-refractivity contribution is 7.88. The number of hydrogen-bond acceptors (Lipinski definition) is 3. The number of benzene rings is 1. The van der Waals surface area contributed by atoms with Crippen LogP contribution in [0.2, 0.25) is 0 Å². The van der Waals surface area contributed by atoms with Crippen molar-refractivity contribution in [3.63, 3.8) is 0 Å². The smallest absolute Gasteiger partial charge is 0.208 e. The highest BCUT2D eigenvalue weighted by Gasteiger charge is 2.13. The first kappa shape index (κ1) is 19.0. The van der Waals surface area contributed by atoms with Crippen LogP contribution >= 0.6 is 12.4 Å². The fourth-order valence-corrected chi connectivity index (χ4v) is 3.46. The van der Waals surface area contributed by atoms with Crippen molar-refractivity contribution < 1.29 is 8.42 Å². The monoisotopic (exact) mass is 369 g/mol. The maximum absolute atomic E-state index is 11.2. The fraction of sp³-hybridized carbons (Fsp3) is 0.412. The highest BCUT2D eigenvalue weighted by Crippen LogP contribution is 2.29. The Balaban J connectivity index is 0.00000208. The predicted molar refractivity (Wildman–Crippen MR) is 102 cm³/mol. The van der Waals surface area contributed by atoms with Gasteiger partial charge >= 0.3 is 0 Å². The Hall–Kier alpha value is -1.34. The van der Waals surface area contributed by atoms with E-state index in [-0.39, 0.29) is 12.4 Å². The van der Waals surface area contributed by atoms with Crippen LogP contribution in [0.4, 0.5) is 0 Å². The van der Waals surface area contributed by atoms with Gasteiger partial charge in [0, 0.05) is 42.3 Å². The number of rotatable bonds is 5. The summed E-state index contributed by atoms with van der Waals surface area (Å²) in [5.74, 6) is 0. The topological polar surface area (TPSA) is 65.2 Å². The Bertz CT molecular complexity index is 843. The highest BCUT2D eigenvalue weighted by atomic mass is 35.5. The first-order chi connectivity index (χ1) is 10.9. The molecule has 1 aliphatic rings. The lowest BCUT2D eigenvalue weighted by Gasteiger charge is -2.21. The largest absolute Gasteiger partial charge is 0.361 e. The zero-order valence-electron chi connectivity index (χ0n) is 14.0. The number of sulfonamides is 1. The molecule has 0 saturated heterocycles. The van der Waals surface area contributed by atoms with Gasteiger partial charge in [-0.3, -0.25) is 0 Å². The van der Waals surface area contributed by atoms with E-state index in [2.05, 4.69) is 52.1 Å². The van der Waals surface area contributed by atoms with Gasteiger partial charge in [0.15, 0.2) is 0 Å². The zero-order valence-corrected chi connectivity index (χ0v) is 15.6. The minimum Gasteiger partial charge on any atom is -0.361 e. The number of H-pyrrole nitrogens is 1. The molecule has 0 radical (unpaired) electrons. The van der Waals surface area contributed by atoms with Crippen molar-refractivity contribution in [3.8, 4) is 0 Å². The molecule has 0 spiro atoms. The molecule has 24 heavy (non-hydrogen) atoms. The quantitative estimate of drug-likeness (QED) is 0.850. The molecule has 0 atom stereocenters. The first-order valence-corrected chi connectivity index (χ1v) is 9.74. The molecule has 2 N–H and O–H groups in total. The van der Waals surface area contributed by atoms with Gasteiger partial charge in [0.1, 0.15) is 0 Å². The number of nitrogens with one attached hydrogen (secondary N) is 2. The van der Waals surface area contributed by atoms with Crippen LogP contribution in [0.1, 0.15) is 17.5 Å². The van der Waals surface area contributed by atoms with E-state index in [0.29, 0.717) is 13.0 Å². The van der Waals surface area contributed by atoms with Gasteiger partial charge in [-0.05, 0) is 43.2 Å². The van der Waals surface area contributed by atoms with E-state index in [1.165, 1.54) is 22.8 Å². The lowest BCUT2D eigenvalue weighted by Crippen LogP contribution is -2.24. The molecule has 1 aromatic carbocycles. The van der Waals surface area contributed by atoms with Crippen molar-refractivity contribution in [3.05, 3.63) is 41.6 Å². The molecule has 2 heterocycles. The van der Waals surface area contributed by atoms with Gasteiger partial charge in [-0.2, -0.15) is 0 Å². The summed E-state index contributed by atoms with van der Waals surface area (Å²) in [7, 11) is -0.992. The van der Waals surface area contributed by atoms with Crippen molar-refractivity contribution >= 4 is 38.9 Å². The van der Waals surface area contributed by atoms with Gasteiger partial charge in [-0.1, -0.05) is 12.1 Å². The Kier molecular flexibility index (Phi) is 6.09. The van der Waals surface area contributed by atoms with E-state index >= 15 is 0 Å². The molecule has 0 amide bonds. The molecule has 1 aliphatic heterocycles. The van der Waals surface area contributed by atoms with Gasteiger partial charge in [0.2, 0.25) is 10.0 Å². The minimum atomic E-state index is -3.13. The van der Waals surface area contributed by atoms with Crippen LogP contribution in [-0.2, 0) is 16.4 Å². The van der Waals surface area contributed by atoms with Gasteiger partial charge in [0.25, 0.3) is 0 Å². The molecule has 3 rings (SSSR count). The summed E-state index contributed by atoms with van der Waals surface area (Å²) < 4.78 is 24.8. The molecule has 7 heteroatoms. The summed E-state index contributed by atoms with van der Waals surface area (Å²) in [6, 6.07) is 6.30. The molecule has 0 saturated carbocycles. The molecular formula is C17H24ClN3O2S. The third-order valence-corrected chi connectivity index (χ3v) is 5.01. The van der Waals surface area contributed by atoms with Crippen LogP contribution in [0.5, 0.6) is 0 Å². The summed E-state index contributed by atoms with van der Waals surface area (Å²) in [5.41, 5.74) is 4.93. The van der Waals surface area contributed by atoms with Crippen molar-refractivity contribution in [2.24, 2.45) is 0 Å². The molecule has 1 aromatic heterocycles. The van der Waals surface area contributed by atoms with E-state index in [0.717, 1.165) is 30.6 Å². The summed E-state index contributed by atoms with van der Waals surface area (Å²) in [6.45, 7) is 2.49. The Morgan fingerprint density at radius 3 is 2.79 bits per heavy atom. The standard InChI is InChI=1S/C17H23N3O2S.ClH/c1-20-9-6-14(7-10-20)16-12-18-17-4-3-13(11-15(16)17)5-8-19-23(2,21)22;/h3-4,6,11-12,18-19H,5,7-10H2,1-2H3;1H. The molecule has 132 valence electrons. The van der Waals surface area contributed by atoms with Gasteiger partial charge in [-0.25, -0.2) is 13.1 Å². The maximum Gasteiger partial charge on any atom is 0.208 e. The Labute approximate surface area is 149 Å². The van der Waals surface area contributed by atoms with Crippen LogP contribution in [0, 0.1) is 0 Å². The predicted octanol–water partition coefficient (Wildman–Crippen LogP) is 2.40. The normalized spacial score (nSPS) is 16.0. The van der Waals surface area contributed by atoms with Crippen molar-refractivity contribution in [2.75, 3.05) is 32.9 Å². The van der Waals surface area contributed by atoms with E-state index in [1.54, 1.807) is 0 Å². The molecule has 0 fully saturated rings. The van der Waals surface area contributed by atoms with E-state index < -0.39 is 10.0 Å². The molecule has 5 nitrogen and oxygen atoms in total. The van der Waals surface area contributed by atoms with Crippen LogP contribution in [0.15, 0.2) is 30.5 Å². The Morgan fingerprint density at radius 1 is 1.33 bits per heavy atom. The minimum absolute atomic E-state index is 0. The molecule has 2 aromatic rings. The van der Waals surface area contributed by atoms with Crippen molar-refractivity contribution in [2.45, 2.75) is 12.8 Å². The average Bonchev–Trinajstić information content (AvgIpc) is 2.90. The Morgan fingerprint density at radius 2 is 2.12 bits per heavy atom. The van der Waals surface area contributed by atoms with Gasteiger partial charge in [0.05, 0.1) is 6.26 Å². The van der Waals surface area contributed by atoms with E-state index in [4.69, 9.17) is 0 Å². The number of aromatic nitrogens is 1. The number of nitrogens with zero attached hydrogens (tertiary/aromatic N) is 1. The average molecular weight is 370 g/mol. The van der Waals surface area contributed by atoms with Crippen LogP contribution in [-0.4, -0.2) is 51.2 Å². The molecule has 0 aliphatic carbocycles. The maximum atomic E-state index is 11.2. The fourth-order valence-electron chi connectivity index (χ4n) is 2.99. The number of aromatic amines is 1. The SMILES string of the molecule is CN1CC=C(c2c[nH]c3ccc(CCNS(C)(=O)=O)cc23)CC1.Cl. The van der Waals surface area contributed by atoms with Gasteiger partial charge < -0.3 is 9.88 Å². The van der Waals surface area contributed by atoms with Crippen LogP contribution in [0.25, 0.3) is 16.5 Å². The zero-order chi connectivity index (χ0) is 16.4. The van der Waals surface area contributed by atoms with Crippen molar-refractivity contribution in [1.82, 2.24) is 14.6 Å². The number of halogens is 1. The second kappa shape index (κ2) is 7.70. The molecular weight excluding hydrogens is 346 g/mol. The van der Waals surface area contributed by atoms with E-state index in [1.807, 2.05) is 0 Å². The molecule has 0 unspecified atom stereocenters. The summed E-state index contributed by atoms with van der Waals surface area (Å²) in [4.78, 5) is 5.64. The summed E-state index contributed by atoms with van der Waals surface area (Å²) in [6.07, 6.45) is 7.32. The third-order valence-electron chi connectivity index (χ3n) is 4.28. The summed E-state index contributed by atoms with van der Waals surface area (Å²) in [5, 5.41) is 1.22. The van der Waals surface area contributed by atoms with Crippen molar-refractivity contribution in [1.29, 1.82) is 0 Å². The summed E-state index contributed by atoms with van der Waals surface area (Å²) >= 11 is 0. The number of hydrogen-bond donors (Lipinski definition) is 2. The molecule has 0 bridgehead atoms. The van der Waals surface area contributed by atoms with Gasteiger partial charge in [-0.15, -0.1) is 12.4 Å². The third kappa shape index (κ3) is 4.60. The number of likely N-dealkylation sites (N-methyl/N-ethyl adjacent to an activating group) is 1. The lowest BCUT2D eigenvalue weighted by atomic mass is 9.98. The first-order valence-electron chi connectivity index (χ1n) is 7.85. The van der Waals surface area contributed by atoms with Crippen LogP contribution < -0.4 is 4.72 Å². The van der Waals surface area contributed by atoms with E-state index in [9.17, 15) is 8.42 Å². The van der Waals surface area contributed by atoms with Crippen LogP contribution in [0.3, 0.4) is 0 Å². The second-order valence-corrected chi connectivity index (χ2v) is 8.07. The lowest BCUT2D eigenvalue weighted by molar-refractivity contribution is 0.370. The number of fused-ring (bicyclic) bond motifs is 1. The second-order valence-electron chi connectivity index (χ2n) is 6.24.